The molecular weight excluding hydrogens is 394 g/mol. The molecule has 152 valence electrons. The topological polar surface area (TPSA) is 99.2 Å². The first-order valence-electron chi connectivity index (χ1n) is 8.83. The Bertz CT molecular complexity index is 877. The van der Waals surface area contributed by atoms with Gasteiger partial charge in [0.25, 0.3) is 0 Å². The molecule has 0 radical (unpaired) electrons. The van der Waals surface area contributed by atoms with Gasteiger partial charge in [-0.25, -0.2) is 16.8 Å². The van der Waals surface area contributed by atoms with Gasteiger partial charge in [0.2, 0.25) is 10.0 Å². The van der Waals surface area contributed by atoms with E-state index >= 15 is 0 Å². The molecule has 0 amide bonds. The molecule has 27 heavy (non-hydrogen) atoms. The van der Waals surface area contributed by atoms with Crippen LogP contribution in [0.4, 0.5) is 0 Å². The third-order valence-electron chi connectivity index (χ3n) is 4.98. The van der Waals surface area contributed by atoms with E-state index in [0.717, 1.165) is 12.8 Å². The highest BCUT2D eigenvalue weighted by Crippen LogP contribution is 2.34. The van der Waals surface area contributed by atoms with Crippen LogP contribution < -0.4 is 9.47 Å². The normalized spacial score (nSPS) is 25.0. The average Bonchev–Trinajstić information content (AvgIpc) is 3.27. The molecule has 2 saturated heterocycles. The molecule has 2 heterocycles. The van der Waals surface area contributed by atoms with Gasteiger partial charge in [-0.15, -0.1) is 0 Å². The number of sulfonamides is 1. The van der Waals surface area contributed by atoms with E-state index in [4.69, 9.17) is 14.2 Å². The Hall–Kier alpha value is -1.36. The van der Waals surface area contributed by atoms with Crippen LogP contribution in [0.25, 0.3) is 0 Å². The molecule has 2 aliphatic rings. The summed E-state index contributed by atoms with van der Waals surface area (Å²) in [7, 11) is -4.42. The molecule has 0 aromatic heterocycles. The first-order valence-corrected chi connectivity index (χ1v) is 12.1. The minimum absolute atomic E-state index is 0.00947. The van der Waals surface area contributed by atoms with Crippen LogP contribution in [-0.4, -0.2) is 72.2 Å². The summed E-state index contributed by atoms with van der Waals surface area (Å²) in [4.78, 5) is -0.0355. The summed E-state index contributed by atoms with van der Waals surface area (Å²) in [6.45, 7) is 0.715. The van der Waals surface area contributed by atoms with Crippen molar-refractivity contribution >= 4 is 19.9 Å². The molecule has 10 heteroatoms. The summed E-state index contributed by atoms with van der Waals surface area (Å²) in [5.74, 6) is 0.384. The smallest absolute Gasteiger partial charge is 0.247 e. The second-order valence-electron chi connectivity index (χ2n) is 6.78. The Labute approximate surface area is 160 Å². The van der Waals surface area contributed by atoms with Crippen molar-refractivity contribution in [3.63, 3.8) is 0 Å². The minimum Gasteiger partial charge on any atom is -0.497 e. The van der Waals surface area contributed by atoms with Crippen LogP contribution in [0.15, 0.2) is 23.1 Å². The van der Waals surface area contributed by atoms with E-state index in [1.165, 1.54) is 30.7 Å². The van der Waals surface area contributed by atoms with Crippen LogP contribution in [0.3, 0.4) is 0 Å². The first kappa shape index (κ1) is 20.4. The zero-order valence-corrected chi connectivity index (χ0v) is 17.1. The van der Waals surface area contributed by atoms with E-state index in [1.807, 2.05) is 0 Å². The van der Waals surface area contributed by atoms with Crippen LogP contribution >= 0.6 is 0 Å². The average molecular weight is 420 g/mol. The van der Waals surface area contributed by atoms with Crippen LogP contribution in [-0.2, 0) is 24.6 Å². The lowest BCUT2D eigenvalue weighted by molar-refractivity contribution is 0.0876. The molecule has 1 aromatic carbocycles. The van der Waals surface area contributed by atoms with Gasteiger partial charge in [0, 0.05) is 25.3 Å². The van der Waals surface area contributed by atoms with Crippen LogP contribution in [0.5, 0.6) is 11.5 Å². The van der Waals surface area contributed by atoms with Crippen molar-refractivity contribution in [2.75, 3.05) is 38.9 Å². The molecule has 1 aromatic rings. The third-order valence-corrected chi connectivity index (χ3v) is 8.67. The number of sulfone groups is 1. The zero-order valence-electron chi connectivity index (χ0n) is 15.5. The summed E-state index contributed by atoms with van der Waals surface area (Å²) >= 11 is 0. The van der Waals surface area contributed by atoms with Gasteiger partial charge in [-0.1, -0.05) is 0 Å². The fourth-order valence-corrected chi connectivity index (χ4v) is 7.23. The quantitative estimate of drug-likeness (QED) is 0.652. The zero-order chi connectivity index (χ0) is 19.7. The SMILES string of the molecule is COc1ccc(OC)c(S(=O)(=O)N(CC2CCCO2)C2CCS(=O)(=O)C2)c1. The Morgan fingerprint density at radius 1 is 1.22 bits per heavy atom. The van der Waals surface area contributed by atoms with Gasteiger partial charge in [0.05, 0.1) is 31.8 Å². The molecule has 2 atom stereocenters. The highest BCUT2D eigenvalue weighted by Gasteiger charge is 2.41. The number of benzene rings is 1. The van der Waals surface area contributed by atoms with Gasteiger partial charge in [-0.2, -0.15) is 4.31 Å². The summed E-state index contributed by atoms with van der Waals surface area (Å²) in [6.07, 6.45) is 1.66. The highest BCUT2D eigenvalue weighted by molar-refractivity contribution is 7.92. The maximum atomic E-state index is 13.5. The van der Waals surface area contributed by atoms with Crippen molar-refractivity contribution in [2.45, 2.75) is 36.3 Å². The van der Waals surface area contributed by atoms with Gasteiger partial charge in [-0.3, -0.25) is 0 Å². The highest BCUT2D eigenvalue weighted by atomic mass is 32.2. The predicted octanol–water partition coefficient (Wildman–Crippen LogP) is 1.06. The van der Waals surface area contributed by atoms with Crippen molar-refractivity contribution < 1.29 is 31.0 Å². The molecule has 8 nitrogen and oxygen atoms in total. The van der Waals surface area contributed by atoms with Gasteiger partial charge < -0.3 is 14.2 Å². The Balaban J connectivity index is 2.01. The Morgan fingerprint density at radius 2 is 2.00 bits per heavy atom. The van der Waals surface area contributed by atoms with E-state index in [1.54, 1.807) is 6.07 Å². The van der Waals surface area contributed by atoms with Crippen molar-refractivity contribution in [3.05, 3.63) is 18.2 Å². The molecular formula is C17H25NO7S2. The lowest BCUT2D eigenvalue weighted by Gasteiger charge is -2.30. The first-order chi connectivity index (χ1) is 12.8. The number of rotatable bonds is 7. The summed E-state index contributed by atoms with van der Waals surface area (Å²) in [5, 5.41) is 0. The van der Waals surface area contributed by atoms with E-state index in [0.29, 0.717) is 12.4 Å². The molecule has 0 spiro atoms. The number of hydrogen-bond acceptors (Lipinski definition) is 7. The Morgan fingerprint density at radius 3 is 2.56 bits per heavy atom. The van der Waals surface area contributed by atoms with Crippen molar-refractivity contribution in [1.82, 2.24) is 4.31 Å². The van der Waals surface area contributed by atoms with Crippen LogP contribution in [0.2, 0.25) is 0 Å². The van der Waals surface area contributed by atoms with Crippen molar-refractivity contribution in [2.24, 2.45) is 0 Å². The molecule has 2 fully saturated rings. The van der Waals surface area contributed by atoms with Crippen molar-refractivity contribution in [3.8, 4) is 11.5 Å². The monoisotopic (exact) mass is 419 g/mol. The summed E-state index contributed by atoms with van der Waals surface area (Å²) in [5.41, 5.74) is 0. The lowest BCUT2D eigenvalue weighted by Crippen LogP contribution is -2.45. The fourth-order valence-electron chi connectivity index (χ4n) is 3.55. The Kier molecular flexibility index (Phi) is 5.99. The predicted molar refractivity (Wildman–Crippen MR) is 99.5 cm³/mol. The molecule has 3 rings (SSSR count). The number of hydrogen-bond donors (Lipinski definition) is 0. The van der Waals surface area contributed by atoms with E-state index in [-0.39, 0.29) is 41.2 Å². The third kappa shape index (κ3) is 4.39. The van der Waals surface area contributed by atoms with Crippen molar-refractivity contribution in [1.29, 1.82) is 0 Å². The minimum atomic E-state index is -4.01. The van der Waals surface area contributed by atoms with Gasteiger partial charge in [-0.05, 0) is 31.4 Å². The molecule has 0 saturated carbocycles. The molecule has 0 aliphatic carbocycles. The van der Waals surface area contributed by atoms with Gasteiger partial charge >= 0.3 is 0 Å². The fraction of sp³-hybridized carbons (Fsp3) is 0.647. The number of ether oxygens (including phenoxy) is 3. The van der Waals surface area contributed by atoms with Gasteiger partial charge in [0.1, 0.15) is 16.4 Å². The maximum absolute atomic E-state index is 13.5. The second kappa shape index (κ2) is 7.94. The summed E-state index contributed by atoms with van der Waals surface area (Å²) in [6, 6.07) is 3.93. The largest absolute Gasteiger partial charge is 0.497 e. The molecule has 2 aliphatic heterocycles. The van der Waals surface area contributed by atoms with E-state index in [2.05, 4.69) is 0 Å². The van der Waals surface area contributed by atoms with E-state index in [9.17, 15) is 16.8 Å². The number of methoxy groups -OCH3 is 2. The lowest BCUT2D eigenvalue weighted by atomic mass is 10.2. The molecule has 0 bridgehead atoms. The second-order valence-corrected chi connectivity index (χ2v) is 10.9. The number of nitrogens with zero attached hydrogens (tertiary/aromatic N) is 1. The van der Waals surface area contributed by atoms with Gasteiger partial charge in [0.15, 0.2) is 9.84 Å². The maximum Gasteiger partial charge on any atom is 0.247 e. The standard InChI is InChI=1S/C17H25NO7S2/c1-23-14-5-6-16(24-2)17(10-14)27(21,22)18(11-15-4-3-8-25-15)13-7-9-26(19,20)12-13/h5-6,10,13,15H,3-4,7-9,11-12H2,1-2H3. The van der Waals surface area contributed by atoms with E-state index < -0.39 is 25.9 Å². The summed E-state index contributed by atoms with van der Waals surface area (Å²) < 4.78 is 68.3. The molecule has 0 N–H and O–H groups in total. The molecule has 2 unspecified atom stereocenters. The van der Waals surface area contributed by atoms with Crippen LogP contribution in [0, 0.1) is 0 Å². The van der Waals surface area contributed by atoms with Crippen LogP contribution in [0.1, 0.15) is 19.3 Å².